The van der Waals surface area contributed by atoms with Crippen molar-refractivity contribution in [2.24, 2.45) is 11.5 Å². The molecule has 9 nitrogen and oxygen atoms in total. The molecular formula is C25H30N4O5. The lowest BCUT2D eigenvalue weighted by molar-refractivity contribution is -0.151. The molecule has 34 heavy (non-hydrogen) atoms. The van der Waals surface area contributed by atoms with Gasteiger partial charge < -0.3 is 25.7 Å². The van der Waals surface area contributed by atoms with Crippen LogP contribution in [0.3, 0.4) is 0 Å². The highest BCUT2D eigenvalue weighted by Gasteiger charge is 2.55. The fraction of sp³-hybridized carbons (Fsp3) is 0.360. The molecular weight excluding hydrogens is 436 g/mol. The Bertz CT molecular complexity index is 1200. The van der Waals surface area contributed by atoms with Gasteiger partial charge >= 0.3 is 5.69 Å². The molecule has 1 saturated heterocycles. The van der Waals surface area contributed by atoms with Crippen molar-refractivity contribution < 1.29 is 14.2 Å². The highest BCUT2D eigenvalue weighted by Crippen LogP contribution is 2.38. The van der Waals surface area contributed by atoms with E-state index in [0.29, 0.717) is 12.2 Å². The topological polar surface area (TPSA) is 135 Å². The van der Waals surface area contributed by atoms with Crippen LogP contribution in [0.1, 0.15) is 22.9 Å². The molecule has 4 rings (SSSR count). The first-order chi connectivity index (χ1) is 16.4. The maximum Gasteiger partial charge on any atom is 0.330 e. The third-order valence-corrected chi connectivity index (χ3v) is 6.05. The molecule has 1 aromatic heterocycles. The van der Waals surface area contributed by atoms with Gasteiger partial charge in [-0.25, -0.2) is 4.79 Å². The van der Waals surface area contributed by atoms with E-state index in [0.717, 1.165) is 11.1 Å². The van der Waals surface area contributed by atoms with Crippen molar-refractivity contribution in [3.63, 3.8) is 0 Å². The van der Waals surface area contributed by atoms with Crippen LogP contribution in [0, 0.1) is 6.92 Å². The molecule has 3 aromatic rings. The van der Waals surface area contributed by atoms with Gasteiger partial charge in [-0.2, -0.15) is 0 Å². The van der Waals surface area contributed by atoms with Crippen LogP contribution in [0.15, 0.2) is 76.4 Å². The number of hydrogen-bond acceptors (Lipinski definition) is 7. The van der Waals surface area contributed by atoms with E-state index in [9.17, 15) is 9.59 Å². The maximum atomic E-state index is 12.6. The minimum Gasteiger partial charge on any atom is -0.374 e. The summed E-state index contributed by atoms with van der Waals surface area (Å²) < 4.78 is 19.9. The van der Waals surface area contributed by atoms with E-state index in [1.165, 1.54) is 10.8 Å². The molecule has 4 atom stereocenters. The first-order valence-electron chi connectivity index (χ1n) is 11.2. The van der Waals surface area contributed by atoms with E-state index in [-0.39, 0.29) is 19.8 Å². The van der Waals surface area contributed by atoms with Gasteiger partial charge in [-0.05, 0) is 18.1 Å². The molecule has 2 unspecified atom stereocenters. The minimum absolute atomic E-state index is 0.0581. The Hall–Kier alpha value is -3.08. The third kappa shape index (κ3) is 5.03. The highest BCUT2D eigenvalue weighted by atomic mass is 16.6. The van der Waals surface area contributed by atoms with Crippen molar-refractivity contribution in [3.8, 4) is 0 Å². The number of H-pyrrole nitrogens is 1. The summed E-state index contributed by atoms with van der Waals surface area (Å²) in [6.45, 7) is 2.42. The average molecular weight is 467 g/mol. The van der Waals surface area contributed by atoms with Crippen LogP contribution in [-0.4, -0.2) is 40.4 Å². The maximum absolute atomic E-state index is 12.6. The Morgan fingerprint density at radius 1 is 1.03 bits per heavy atom. The van der Waals surface area contributed by atoms with Gasteiger partial charge in [-0.1, -0.05) is 60.7 Å². The van der Waals surface area contributed by atoms with Crippen LogP contribution in [-0.2, 0) is 27.4 Å². The molecule has 180 valence electrons. The Balaban J connectivity index is 1.61. The normalized spacial score (nSPS) is 24.4. The zero-order valence-electron chi connectivity index (χ0n) is 19.1. The summed E-state index contributed by atoms with van der Waals surface area (Å²) in [5.74, 6) is 0. The fourth-order valence-electron chi connectivity index (χ4n) is 4.18. The molecule has 0 amide bonds. The number of nitrogens with two attached hydrogens (primary N) is 2. The lowest BCUT2D eigenvalue weighted by Crippen LogP contribution is -2.55. The number of aromatic amines is 1. The van der Waals surface area contributed by atoms with Crippen LogP contribution in [0.5, 0.6) is 0 Å². The number of nitrogens with zero attached hydrogens (tertiary/aromatic N) is 1. The number of ether oxygens (including phenoxy) is 3. The van der Waals surface area contributed by atoms with Gasteiger partial charge in [0, 0.05) is 18.3 Å². The van der Waals surface area contributed by atoms with Gasteiger partial charge in [0.1, 0.15) is 11.7 Å². The average Bonchev–Trinajstić information content (AvgIpc) is 3.13. The standard InChI is InChI=1S/C25H30N4O5/c1-17-12-29(24(31)28-22(17)30)23-20(27)21(33-14-19-10-6-3-7-11-19)25(15-26,34-23)16-32-13-18-8-4-2-5-9-18/h2-12,20-21,23H,13-16,26-27H2,1H3,(H,28,30,31)/t20?,21?,23-,25-/m1/s1. The number of hydrogen-bond donors (Lipinski definition) is 3. The summed E-state index contributed by atoms with van der Waals surface area (Å²) in [5, 5.41) is 0. The molecule has 2 aromatic carbocycles. The second-order valence-corrected chi connectivity index (χ2v) is 8.53. The fourth-order valence-corrected chi connectivity index (χ4v) is 4.18. The first-order valence-corrected chi connectivity index (χ1v) is 11.2. The number of benzene rings is 2. The smallest absolute Gasteiger partial charge is 0.330 e. The summed E-state index contributed by atoms with van der Waals surface area (Å²) in [7, 11) is 0. The van der Waals surface area contributed by atoms with E-state index in [2.05, 4.69) is 4.98 Å². The molecule has 2 heterocycles. The van der Waals surface area contributed by atoms with Gasteiger partial charge in [-0.15, -0.1) is 0 Å². The van der Waals surface area contributed by atoms with Crippen LogP contribution in [0.25, 0.3) is 0 Å². The zero-order valence-corrected chi connectivity index (χ0v) is 19.1. The minimum atomic E-state index is -1.10. The lowest BCUT2D eigenvalue weighted by atomic mass is 9.94. The summed E-state index contributed by atoms with van der Waals surface area (Å²) in [5.41, 5.74) is 13.0. The van der Waals surface area contributed by atoms with Crippen molar-refractivity contribution in [3.05, 3.63) is 104 Å². The summed E-state index contributed by atoms with van der Waals surface area (Å²) >= 11 is 0. The molecule has 1 fully saturated rings. The highest BCUT2D eigenvalue weighted by molar-refractivity contribution is 5.15. The lowest BCUT2D eigenvalue weighted by Gasteiger charge is -2.33. The van der Waals surface area contributed by atoms with Crippen LogP contribution in [0.4, 0.5) is 0 Å². The van der Waals surface area contributed by atoms with E-state index < -0.39 is 35.2 Å². The molecule has 0 saturated carbocycles. The SMILES string of the molecule is Cc1cn([C@@H]2O[C@](CN)(COCc3ccccc3)C(OCc3ccccc3)C2N)c(=O)[nH]c1=O. The van der Waals surface area contributed by atoms with Gasteiger partial charge in [0.2, 0.25) is 0 Å². The Morgan fingerprint density at radius 2 is 1.65 bits per heavy atom. The second-order valence-electron chi connectivity index (χ2n) is 8.53. The molecule has 0 bridgehead atoms. The molecule has 0 spiro atoms. The Labute approximate surface area is 197 Å². The molecule has 1 aliphatic heterocycles. The molecule has 0 aliphatic carbocycles. The van der Waals surface area contributed by atoms with Crippen molar-refractivity contribution >= 4 is 0 Å². The molecule has 9 heteroatoms. The largest absolute Gasteiger partial charge is 0.374 e. The monoisotopic (exact) mass is 466 g/mol. The Kier molecular flexibility index (Phi) is 7.40. The van der Waals surface area contributed by atoms with Crippen LogP contribution < -0.4 is 22.7 Å². The van der Waals surface area contributed by atoms with Crippen molar-refractivity contribution in [1.29, 1.82) is 0 Å². The number of nitrogens with one attached hydrogen (secondary N) is 1. The molecule has 1 aliphatic rings. The number of aromatic nitrogens is 2. The van der Waals surface area contributed by atoms with Gasteiger partial charge in [0.25, 0.3) is 5.56 Å². The van der Waals surface area contributed by atoms with E-state index in [4.69, 9.17) is 25.7 Å². The van der Waals surface area contributed by atoms with Crippen LogP contribution in [0.2, 0.25) is 0 Å². The van der Waals surface area contributed by atoms with Gasteiger partial charge in [-0.3, -0.25) is 14.3 Å². The number of aryl methyl sites for hydroxylation is 1. The quantitative estimate of drug-likeness (QED) is 0.431. The summed E-state index contributed by atoms with van der Waals surface area (Å²) in [4.78, 5) is 26.7. The molecule has 5 N–H and O–H groups in total. The van der Waals surface area contributed by atoms with Gasteiger partial charge in [0.05, 0.1) is 25.9 Å². The molecule has 0 radical (unpaired) electrons. The predicted octanol–water partition coefficient (Wildman–Crippen LogP) is 1.20. The van der Waals surface area contributed by atoms with Gasteiger partial charge in [0.15, 0.2) is 6.23 Å². The van der Waals surface area contributed by atoms with Crippen molar-refractivity contribution in [2.45, 2.75) is 44.1 Å². The van der Waals surface area contributed by atoms with E-state index in [1.807, 2.05) is 60.7 Å². The van der Waals surface area contributed by atoms with Crippen molar-refractivity contribution in [1.82, 2.24) is 9.55 Å². The number of rotatable bonds is 9. The first kappa shape index (κ1) is 24.1. The Morgan fingerprint density at radius 3 is 2.26 bits per heavy atom. The third-order valence-electron chi connectivity index (χ3n) is 6.05. The van der Waals surface area contributed by atoms with Crippen molar-refractivity contribution in [2.75, 3.05) is 13.2 Å². The second kappa shape index (κ2) is 10.5. The van der Waals surface area contributed by atoms with E-state index in [1.54, 1.807) is 6.92 Å². The van der Waals surface area contributed by atoms with Crippen LogP contribution >= 0.6 is 0 Å². The summed E-state index contributed by atoms with van der Waals surface area (Å²) in [6.07, 6.45) is -0.123. The predicted molar refractivity (Wildman–Crippen MR) is 127 cm³/mol. The van der Waals surface area contributed by atoms with E-state index >= 15 is 0 Å². The summed E-state index contributed by atoms with van der Waals surface area (Å²) in [6, 6.07) is 18.7. The zero-order chi connectivity index (χ0) is 24.1.